The van der Waals surface area contributed by atoms with Gasteiger partial charge in [-0.3, -0.25) is 9.59 Å². The first kappa shape index (κ1) is 22.3. The summed E-state index contributed by atoms with van der Waals surface area (Å²) in [5, 5.41) is 0.552. The summed E-state index contributed by atoms with van der Waals surface area (Å²) in [6.07, 6.45) is -0.0413. The van der Waals surface area contributed by atoms with Crippen LogP contribution < -0.4 is 4.74 Å². The predicted octanol–water partition coefficient (Wildman–Crippen LogP) is 2.87. The third kappa shape index (κ3) is 5.38. The zero-order valence-corrected chi connectivity index (χ0v) is 18.2. The Balaban J connectivity index is 1.48. The molecule has 1 aliphatic heterocycles. The van der Waals surface area contributed by atoms with E-state index in [-0.39, 0.29) is 49.8 Å². The molecule has 0 unspecified atom stereocenters. The number of hydrogen-bond acceptors (Lipinski definition) is 5. The molecule has 1 heterocycles. The Morgan fingerprint density at radius 3 is 2.30 bits per heavy atom. The zero-order valence-electron chi connectivity index (χ0n) is 16.6. The lowest BCUT2D eigenvalue weighted by Crippen LogP contribution is -2.50. The second kappa shape index (κ2) is 9.59. The number of amides is 1. The van der Waals surface area contributed by atoms with Crippen LogP contribution in [0.25, 0.3) is 0 Å². The Hall–Kier alpha value is -2.42. The van der Waals surface area contributed by atoms with Gasteiger partial charge in [0.25, 0.3) is 0 Å². The van der Waals surface area contributed by atoms with Gasteiger partial charge in [-0.25, -0.2) is 8.42 Å². The third-order valence-electron chi connectivity index (χ3n) is 4.88. The maximum Gasteiger partial charge on any atom is 0.311 e. The van der Waals surface area contributed by atoms with Crippen molar-refractivity contribution < 1.29 is 22.7 Å². The molecule has 2 aromatic rings. The number of carbonyl (C=O) groups excluding carboxylic acids is 2. The standard InChI is InChI=1S/C21H23ClN2O5S/c1-16-15-17(22)7-8-19(16)29-21(26)10-9-20(25)23-11-13-24(14-12-23)30(27,28)18-5-3-2-4-6-18/h2-8,15H,9-14H2,1H3. The van der Waals surface area contributed by atoms with Crippen LogP contribution in [-0.2, 0) is 19.6 Å². The molecule has 0 radical (unpaired) electrons. The maximum atomic E-state index is 12.7. The molecule has 2 aromatic carbocycles. The van der Waals surface area contributed by atoms with Crippen LogP contribution in [0, 0.1) is 6.92 Å². The molecular weight excluding hydrogens is 428 g/mol. The number of nitrogens with zero attached hydrogens (tertiary/aromatic N) is 2. The first-order valence-corrected chi connectivity index (χ1v) is 11.4. The Bertz CT molecular complexity index is 1020. The van der Waals surface area contributed by atoms with Crippen LogP contribution in [0.1, 0.15) is 18.4 Å². The van der Waals surface area contributed by atoms with Crippen LogP contribution in [0.5, 0.6) is 5.75 Å². The minimum absolute atomic E-state index is 0.0108. The summed E-state index contributed by atoms with van der Waals surface area (Å²) < 4.78 is 32.0. The van der Waals surface area contributed by atoms with Crippen LogP contribution in [-0.4, -0.2) is 55.7 Å². The van der Waals surface area contributed by atoms with Gasteiger partial charge in [-0.1, -0.05) is 29.8 Å². The molecule has 1 saturated heterocycles. The number of ether oxygens (including phenoxy) is 1. The molecule has 0 spiro atoms. The largest absolute Gasteiger partial charge is 0.426 e. The van der Waals surface area contributed by atoms with Gasteiger partial charge < -0.3 is 9.64 Å². The van der Waals surface area contributed by atoms with Crippen molar-refractivity contribution in [3.8, 4) is 5.75 Å². The fraction of sp³-hybridized carbons (Fsp3) is 0.333. The van der Waals surface area contributed by atoms with E-state index in [0.717, 1.165) is 5.56 Å². The van der Waals surface area contributed by atoms with E-state index >= 15 is 0 Å². The second-order valence-corrected chi connectivity index (χ2v) is 9.36. The predicted molar refractivity (Wildman–Crippen MR) is 113 cm³/mol. The SMILES string of the molecule is Cc1cc(Cl)ccc1OC(=O)CCC(=O)N1CCN(S(=O)(=O)c2ccccc2)CC1. The molecule has 160 valence electrons. The Labute approximate surface area is 181 Å². The lowest BCUT2D eigenvalue weighted by atomic mass is 10.2. The van der Waals surface area contributed by atoms with E-state index in [1.54, 1.807) is 60.4 Å². The highest BCUT2D eigenvalue weighted by molar-refractivity contribution is 7.89. The Morgan fingerprint density at radius 1 is 1.00 bits per heavy atom. The number of aryl methyl sites for hydroxylation is 1. The van der Waals surface area contributed by atoms with Crippen molar-refractivity contribution in [2.45, 2.75) is 24.7 Å². The topological polar surface area (TPSA) is 84.0 Å². The van der Waals surface area contributed by atoms with E-state index < -0.39 is 16.0 Å². The van der Waals surface area contributed by atoms with Gasteiger partial charge in [-0.05, 0) is 42.8 Å². The molecule has 1 aliphatic rings. The summed E-state index contributed by atoms with van der Waals surface area (Å²) >= 11 is 5.88. The summed E-state index contributed by atoms with van der Waals surface area (Å²) in [7, 11) is -3.57. The van der Waals surface area contributed by atoms with E-state index in [4.69, 9.17) is 16.3 Å². The van der Waals surface area contributed by atoms with Crippen molar-refractivity contribution in [1.82, 2.24) is 9.21 Å². The number of sulfonamides is 1. The normalized spacial score (nSPS) is 15.1. The second-order valence-electron chi connectivity index (χ2n) is 6.98. The molecule has 0 saturated carbocycles. The van der Waals surface area contributed by atoms with Gasteiger partial charge in [0, 0.05) is 37.6 Å². The van der Waals surface area contributed by atoms with Crippen molar-refractivity contribution in [2.75, 3.05) is 26.2 Å². The van der Waals surface area contributed by atoms with Gasteiger partial charge in [0.05, 0.1) is 11.3 Å². The first-order chi connectivity index (χ1) is 14.3. The summed E-state index contributed by atoms with van der Waals surface area (Å²) in [4.78, 5) is 26.3. The Kier molecular flexibility index (Phi) is 7.12. The van der Waals surface area contributed by atoms with Crippen molar-refractivity contribution in [2.24, 2.45) is 0 Å². The first-order valence-electron chi connectivity index (χ1n) is 9.57. The summed E-state index contributed by atoms with van der Waals surface area (Å²) in [6.45, 7) is 2.80. The van der Waals surface area contributed by atoms with Crippen molar-refractivity contribution in [1.29, 1.82) is 0 Å². The van der Waals surface area contributed by atoms with Gasteiger partial charge in [-0.2, -0.15) is 4.31 Å². The molecule has 9 heteroatoms. The molecular formula is C21H23ClN2O5S. The van der Waals surface area contributed by atoms with Crippen LogP contribution in [0.4, 0.5) is 0 Å². The number of piperazine rings is 1. The summed E-state index contributed by atoms with van der Waals surface area (Å²) in [5.74, 6) is -0.285. The summed E-state index contributed by atoms with van der Waals surface area (Å²) in [6, 6.07) is 13.2. The fourth-order valence-electron chi connectivity index (χ4n) is 3.19. The highest BCUT2D eigenvalue weighted by atomic mass is 35.5. The molecule has 0 aliphatic carbocycles. The molecule has 1 amide bonds. The summed E-state index contributed by atoms with van der Waals surface area (Å²) in [5.41, 5.74) is 0.734. The van der Waals surface area contributed by atoms with Gasteiger partial charge in [0.2, 0.25) is 15.9 Å². The van der Waals surface area contributed by atoms with Crippen LogP contribution >= 0.6 is 11.6 Å². The lowest BCUT2D eigenvalue weighted by molar-refractivity contribution is -0.139. The third-order valence-corrected chi connectivity index (χ3v) is 7.02. The average Bonchev–Trinajstić information content (AvgIpc) is 2.75. The van der Waals surface area contributed by atoms with Crippen molar-refractivity contribution in [3.63, 3.8) is 0 Å². The van der Waals surface area contributed by atoms with E-state index in [0.29, 0.717) is 10.8 Å². The molecule has 0 aromatic heterocycles. The number of esters is 1. The van der Waals surface area contributed by atoms with E-state index in [1.807, 2.05) is 0 Å². The van der Waals surface area contributed by atoms with Crippen molar-refractivity contribution >= 4 is 33.5 Å². The fourth-order valence-corrected chi connectivity index (χ4v) is 4.86. The van der Waals surface area contributed by atoms with Gasteiger partial charge >= 0.3 is 5.97 Å². The molecule has 7 nitrogen and oxygen atoms in total. The van der Waals surface area contributed by atoms with Gasteiger partial charge in [0.1, 0.15) is 5.75 Å². The van der Waals surface area contributed by atoms with E-state index in [2.05, 4.69) is 0 Å². The molecule has 3 rings (SSSR count). The number of benzene rings is 2. The smallest absolute Gasteiger partial charge is 0.311 e. The number of halogens is 1. The van der Waals surface area contributed by atoms with E-state index in [9.17, 15) is 18.0 Å². The molecule has 0 bridgehead atoms. The number of carbonyl (C=O) groups is 2. The van der Waals surface area contributed by atoms with Crippen LogP contribution in [0.3, 0.4) is 0 Å². The average molecular weight is 451 g/mol. The Morgan fingerprint density at radius 2 is 1.67 bits per heavy atom. The minimum Gasteiger partial charge on any atom is -0.426 e. The number of rotatable bonds is 6. The highest BCUT2D eigenvalue weighted by Gasteiger charge is 2.30. The molecule has 0 atom stereocenters. The minimum atomic E-state index is -3.57. The lowest BCUT2D eigenvalue weighted by Gasteiger charge is -2.34. The monoisotopic (exact) mass is 450 g/mol. The van der Waals surface area contributed by atoms with Crippen LogP contribution in [0.15, 0.2) is 53.4 Å². The highest BCUT2D eigenvalue weighted by Crippen LogP contribution is 2.22. The van der Waals surface area contributed by atoms with Gasteiger partial charge in [0.15, 0.2) is 0 Å². The van der Waals surface area contributed by atoms with Crippen LogP contribution in [0.2, 0.25) is 5.02 Å². The van der Waals surface area contributed by atoms with Gasteiger partial charge in [-0.15, -0.1) is 0 Å². The van der Waals surface area contributed by atoms with E-state index in [1.165, 1.54) is 4.31 Å². The zero-order chi connectivity index (χ0) is 21.7. The quantitative estimate of drug-likeness (QED) is 0.499. The maximum absolute atomic E-state index is 12.7. The molecule has 30 heavy (non-hydrogen) atoms. The van der Waals surface area contributed by atoms with Crippen molar-refractivity contribution in [3.05, 3.63) is 59.1 Å². The molecule has 1 fully saturated rings. The molecule has 0 N–H and O–H groups in total. The number of hydrogen-bond donors (Lipinski definition) is 0.